The fraction of sp³-hybridized carbons (Fsp3) is 0.571. The minimum atomic E-state index is -0.391. The molecule has 60 valence electrons. The Balaban J connectivity index is 2.48. The second kappa shape index (κ2) is 2.32. The summed E-state index contributed by atoms with van der Waals surface area (Å²) in [7, 11) is 0. The zero-order chi connectivity index (χ0) is 7.84. The van der Waals surface area contributed by atoms with E-state index in [0.29, 0.717) is 6.54 Å². The lowest BCUT2D eigenvalue weighted by Crippen LogP contribution is -2.27. The standard InChI is InChI=1S/C7H11N3O/c1-4-7-5(10-9-4)2-8-3-6(7)11/h6,8,11H,2-3H2,1H3,(H,9,10). The molecule has 0 spiro atoms. The van der Waals surface area contributed by atoms with Gasteiger partial charge in [-0.3, -0.25) is 5.10 Å². The van der Waals surface area contributed by atoms with Crippen molar-refractivity contribution in [1.29, 1.82) is 0 Å². The molecule has 11 heavy (non-hydrogen) atoms. The van der Waals surface area contributed by atoms with E-state index in [1.54, 1.807) is 0 Å². The van der Waals surface area contributed by atoms with Crippen LogP contribution in [-0.4, -0.2) is 21.8 Å². The molecule has 0 fully saturated rings. The maximum absolute atomic E-state index is 9.51. The first kappa shape index (κ1) is 6.82. The Hall–Kier alpha value is -0.870. The normalized spacial score (nSPS) is 23.3. The number of aliphatic hydroxyl groups is 1. The van der Waals surface area contributed by atoms with Crippen LogP contribution in [0, 0.1) is 6.92 Å². The molecule has 4 heteroatoms. The third kappa shape index (κ3) is 0.948. The molecule has 0 saturated carbocycles. The highest BCUT2D eigenvalue weighted by molar-refractivity contribution is 5.28. The molecule has 0 bridgehead atoms. The monoisotopic (exact) mass is 153 g/mol. The van der Waals surface area contributed by atoms with E-state index < -0.39 is 6.10 Å². The number of aryl methyl sites for hydroxylation is 1. The topological polar surface area (TPSA) is 60.9 Å². The number of fused-ring (bicyclic) bond motifs is 1. The summed E-state index contributed by atoms with van der Waals surface area (Å²) in [6.07, 6.45) is -0.391. The van der Waals surface area contributed by atoms with Crippen LogP contribution in [0.4, 0.5) is 0 Å². The summed E-state index contributed by atoms with van der Waals surface area (Å²) in [6, 6.07) is 0. The van der Waals surface area contributed by atoms with E-state index in [2.05, 4.69) is 15.5 Å². The molecule has 3 N–H and O–H groups in total. The molecule has 1 aromatic rings. The summed E-state index contributed by atoms with van der Waals surface area (Å²) in [5.41, 5.74) is 2.90. The molecule has 0 amide bonds. The average Bonchev–Trinajstić information content (AvgIpc) is 2.34. The van der Waals surface area contributed by atoms with Crippen molar-refractivity contribution in [3.63, 3.8) is 0 Å². The largest absolute Gasteiger partial charge is 0.387 e. The summed E-state index contributed by atoms with van der Waals surface area (Å²) in [6.45, 7) is 3.32. The van der Waals surface area contributed by atoms with Crippen LogP contribution >= 0.6 is 0 Å². The van der Waals surface area contributed by atoms with Gasteiger partial charge < -0.3 is 10.4 Å². The molecule has 2 rings (SSSR count). The number of aliphatic hydroxyl groups excluding tert-OH is 1. The number of H-pyrrole nitrogens is 1. The van der Waals surface area contributed by atoms with Crippen molar-refractivity contribution < 1.29 is 5.11 Å². The Morgan fingerprint density at radius 3 is 3.18 bits per heavy atom. The molecular formula is C7H11N3O. The average molecular weight is 153 g/mol. The quantitative estimate of drug-likeness (QED) is 0.486. The third-order valence-corrected chi connectivity index (χ3v) is 2.04. The van der Waals surface area contributed by atoms with Crippen molar-refractivity contribution >= 4 is 0 Å². The Morgan fingerprint density at radius 1 is 1.64 bits per heavy atom. The molecule has 0 radical (unpaired) electrons. The first-order chi connectivity index (χ1) is 5.29. The van der Waals surface area contributed by atoms with Gasteiger partial charge in [0.2, 0.25) is 0 Å². The summed E-state index contributed by atoms with van der Waals surface area (Å²) in [5, 5.41) is 19.5. The van der Waals surface area contributed by atoms with E-state index in [1.165, 1.54) is 0 Å². The second-order valence-corrected chi connectivity index (χ2v) is 2.86. The number of aromatic amines is 1. The number of hydrogen-bond acceptors (Lipinski definition) is 3. The van der Waals surface area contributed by atoms with Crippen LogP contribution in [0.5, 0.6) is 0 Å². The van der Waals surface area contributed by atoms with E-state index in [0.717, 1.165) is 23.5 Å². The van der Waals surface area contributed by atoms with E-state index in [1.807, 2.05) is 6.92 Å². The number of nitrogens with one attached hydrogen (secondary N) is 2. The van der Waals surface area contributed by atoms with Gasteiger partial charge >= 0.3 is 0 Å². The highest BCUT2D eigenvalue weighted by Crippen LogP contribution is 2.22. The predicted molar refractivity (Wildman–Crippen MR) is 40.0 cm³/mol. The van der Waals surface area contributed by atoms with Gasteiger partial charge in [0.1, 0.15) is 0 Å². The van der Waals surface area contributed by atoms with Crippen molar-refractivity contribution in [3.8, 4) is 0 Å². The lowest BCUT2D eigenvalue weighted by molar-refractivity contribution is 0.164. The molecule has 0 aromatic carbocycles. The number of β-amino-alcohol motifs (C(OH)–C–C–N with tert-alkyl or cyclic N) is 1. The van der Waals surface area contributed by atoms with Gasteiger partial charge in [-0.15, -0.1) is 0 Å². The summed E-state index contributed by atoms with van der Waals surface area (Å²) >= 11 is 0. The predicted octanol–water partition coefficient (Wildman–Crippen LogP) is -0.145. The Bertz CT molecular complexity index is 269. The second-order valence-electron chi connectivity index (χ2n) is 2.86. The van der Waals surface area contributed by atoms with Crippen LogP contribution in [-0.2, 0) is 6.54 Å². The summed E-state index contributed by atoms with van der Waals surface area (Å²) in [5.74, 6) is 0. The highest BCUT2D eigenvalue weighted by Gasteiger charge is 2.21. The minimum absolute atomic E-state index is 0.391. The summed E-state index contributed by atoms with van der Waals surface area (Å²) < 4.78 is 0. The van der Waals surface area contributed by atoms with Gasteiger partial charge in [0.05, 0.1) is 11.8 Å². The fourth-order valence-electron chi connectivity index (χ4n) is 1.49. The zero-order valence-electron chi connectivity index (χ0n) is 6.39. The van der Waals surface area contributed by atoms with Gasteiger partial charge in [0.15, 0.2) is 0 Å². The SMILES string of the molecule is Cc1[nH]nc2c1C(O)CNC2. The van der Waals surface area contributed by atoms with Crippen LogP contribution in [0.3, 0.4) is 0 Å². The van der Waals surface area contributed by atoms with Gasteiger partial charge in [-0.2, -0.15) is 5.10 Å². The van der Waals surface area contributed by atoms with E-state index >= 15 is 0 Å². The molecule has 1 aromatic heterocycles. The molecule has 1 unspecified atom stereocenters. The van der Waals surface area contributed by atoms with Crippen LogP contribution in [0.25, 0.3) is 0 Å². The first-order valence-electron chi connectivity index (χ1n) is 3.71. The van der Waals surface area contributed by atoms with Crippen molar-refractivity contribution in [2.75, 3.05) is 6.54 Å². The van der Waals surface area contributed by atoms with E-state index in [4.69, 9.17) is 0 Å². The van der Waals surface area contributed by atoms with Crippen LogP contribution < -0.4 is 5.32 Å². The highest BCUT2D eigenvalue weighted by atomic mass is 16.3. The summed E-state index contributed by atoms with van der Waals surface area (Å²) in [4.78, 5) is 0. The smallest absolute Gasteiger partial charge is 0.0950 e. The third-order valence-electron chi connectivity index (χ3n) is 2.04. The maximum atomic E-state index is 9.51. The number of nitrogens with zero attached hydrogens (tertiary/aromatic N) is 1. The minimum Gasteiger partial charge on any atom is -0.387 e. The van der Waals surface area contributed by atoms with Crippen molar-refractivity contribution in [1.82, 2.24) is 15.5 Å². The molecule has 0 aliphatic carbocycles. The van der Waals surface area contributed by atoms with Crippen LogP contribution in [0.2, 0.25) is 0 Å². The van der Waals surface area contributed by atoms with Crippen LogP contribution in [0.15, 0.2) is 0 Å². The molecule has 1 aliphatic rings. The number of aromatic nitrogens is 2. The van der Waals surface area contributed by atoms with Gasteiger partial charge in [-0.1, -0.05) is 0 Å². The van der Waals surface area contributed by atoms with Gasteiger partial charge in [0.25, 0.3) is 0 Å². The molecule has 2 heterocycles. The lowest BCUT2D eigenvalue weighted by Gasteiger charge is -2.17. The van der Waals surface area contributed by atoms with E-state index in [9.17, 15) is 5.11 Å². The van der Waals surface area contributed by atoms with Gasteiger partial charge in [0, 0.05) is 24.3 Å². The Morgan fingerprint density at radius 2 is 2.45 bits per heavy atom. The zero-order valence-corrected chi connectivity index (χ0v) is 6.39. The van der Waals surface area contributed by atoms with Crippen molar-refractivity contribution in [2.45, 2.75) is 19.6 Å². The fourth-order valence-corrected chi connectivity index (χ4v) is 1.49. The van der Waals surface area contributed by atoms with Gasteiger partial charge in [-0.25, -0.2) is 0 Å². The molecule has 4 nitrogen and oxygen atoms in total. The molecular weight excluding hydrogens is 142 g/mol. The molecule has 1 aliphatic heterocycles. The number of hydrogen-bond donors (Lipinski definition) is 3. The maximum Gasteiger partial charge on any atom is 0.0950 e. The van der Waals surface area contributed by atoms with Crippen molar-refractivity contribution in [3.05, 3.63) is 17.0 Å². The Labute approximate surface area is 64.6 Å². The molecule has 0 saturated heterocycles. The Kier molecular flexibility index (Phi) is 1.44. The lowest BCUT2D eigenvalue weighted by atomic mass is 10.0. The number of rotatable bonds is 0. The van der Waals surface area contributed by atoms with Crippen molar-refractivity contribution in [2.24, 2.45) is 0 Å². The van der Waals surface area contributed by atoms with Gasteiger partial charge in [-0.05, 0) is 6.92 Å². The van der Waals surface area contributed by atoms with Crippen LogP contribution in [0.1, 0.15) is 23.1 Å². The van der Waals surface area contributed by atoms with E-state index in [-0.39, 0.29) is 0 Å². The first-order valence-corrected chi connectivity index (χ1v) is 3.71. The molecule has 1 atom stereocenters.